The predicted molar refractivity (Wildman–Crippen MR) is 97.1 cm³/mol. The molecule has 25 heavy (non-hydrogen) atoms. The Morgan fingerprint density at radius 1 is 1.16 bits per heavy atom. The number of ether oxygens (including phenoxy) is 1. The van der Waals surface area contributed by atoms with E-state index in [1.165, 1.54) is 6.08 Å². The second-order valence-electron chi connectivity index (χ2n) is 5.40. The molecule has 0 radical (unpaired) electrons. The molecule has 0 atom stereocenters. The van der Waals surface area contributed by atoms with Crippen molar-refractivity contribution < 1.29 is 9.53 Å². The van der Waals surface area contributed by atoms with E-state index < -0.39 is 5.91 Å². The minimum atomic E-state index is -0.418. The Hall–Kier alpha value is -3.41. The SMILES string of the molecule is COc1ccc(/C=C/C(=O)Nn2c(C)nc3ccccc3c2=O)cc1. The van der Waals surface area contributed by atoms with Crippen LogP contribution < -0.4 is 15.7 Å². The smallest absolute Gasteiger partial charge is 0.280 e. The monoisotopic (exact) mass is 335 g/mol. The predicted octanol–water partition coefficient (Wildman–Crippen LogP) is 2.50. The number of carbonyl (C=O) groups excluding carboxylic acids is 1. The van der Waals surface area contributed by atoms with Crippen LogP contribution in [0.15, 0.2) is 59.4 Å². The van der Waals surface area contributed by atoms with Crippen LogP contribution in [0, 0.1) is 6.92 Å². The van der Waals surface area contributed by atoms with Crippen molar-refractivity contribution in [1.29, 1.82) is 0 Å². The standard InChI is InChI=1S/C19H17N3O3/c1-13-20-17-6-4-3-5-16(17)19(24)22(13)21-18(23)12-9-14-7-10-15(25-2)11-8-14/h3-12H,1-2H3,(H,21,23)/b12-9+. The maximum Gasteiger partial charge on any atom is 0.280 e. The van der Waals surface area contributed by atoms with Gasteiger partial charge in [0, 0.05) is 6.08 Å². The van der Waals surface area contributed by atoms with Gasteiger partial charge < -0.3 is 4.74 Å². The number of para-hydroxylation sites is 1. The third kappa shape index (κ3) is 3.58. The summed E-state index contributed by atoms with van der Waals surface area (Å²) in [6.07, 6.45) is 3.02. The van der Waals surface area contributed by atoms with Gasteiger partial charge in [0.25, 0.3) is 11.5 Å². The van der Waals surface area contributed by atoms with Gasteiger partial charge in [-0.1, -0.05) is 24.3 Å². The highest BCUT2D eigenvalue weighted by molar-refractivity contribution is 5.97. The van der Waals surface area contributed by atoms with Gasteiger partial charge >= 0.3 is 0 Å². The van der Waals surface area contributed by atoms with Crippen molar-refractivity contribution in [2.75, 3.05) is 12.5 Å². The molecule has 0 aliphatic rings. The number of aromatic nitrogens is 2. The molecule has 0 aliphatic carbocycles. The van der Waals surface area contributed by atoms with Crippen LogP contribution in [0.3, 0.4) is 0 Å². The van der Waals surface area contributed by atoms with E-state index in [0.717, 1.165) is 16.0 Å². The van der Waals surface area contributed by atoms with Crippen molar-refractivity contribution in [2.24, 2.45) is 0 Å². The topological polar surface area (TPSA) is 73.2 Å². The molecule has 0 saturated carbocycles. The van der Waals surface area contributed by atoms with Crippen molar-refractivity contribution in [1.82, 2.24) is 9.66 Å². The van der Waals surface area contributed by atoms with E-state index >= 15 is 0 Å². The first-order chi connectivity index (χ1) is 12.1. The Labute approximate surface area is 144 Å². The third-order valence-corrected chi connectivity index (χ3v) is 3.71. The number of rotatable bonds is 4. The summed E-state index contributed by atoms with van der Waals surface area (Å²) in [5.74, 6) is 0.735. The summed E-state index contributed by atoms with van der Waals surface area (Å²) >= 11 is 0. The van der Waals surface area contributed by atoms with E-state index in [9.17, 15) is 9.59 Å². The van der Waals surface area contributed by atoms with Crippen molar-refractivity contribution in [2.45, 2.75) is 6.92 Å². The first-order valence-electron chi connectivity index (χ1n) is 7.70. The van der Waals surface area contributed by atoms with Crippen LogP contribution in [-0.4, -0.2) is 22.7 Å². The minimum absolute atomic E-state index is 0.311. The van der Waals surface area contributed by atoms with Gasteiger partial charge in [0.15, 0.2) is 0 Å². The van der Waals surface area contributed by atoms with Crippen LogP contribution in [0.4, 0.5) is 0 Å². The van der Waals surface area contributed by atoms with Crippen LogP contribution in [0.2, 0.25) is 0 Å². The quantitative estimate of drug-likeness (QED) is 0.744. The number of carbonyl (C=O) groups is 1. The first kappa shape index (κ1) is 16.4. The van der Waals surface area contributed by atoms with E-state index in [1.54, 1.807) is 50.4 Å². The fraction of sp³-hybridized carbons (Fsp3) is 0.105. The molecular weight excluding hydrogens is 318 g/mol. The van der Waals surface area contributed by atoms with E-state index in [4.69, 9.17) is 4.74 Å². The molecule has 3 aromatic rings. The lowest BCUT2D eigenvalue weighted by atomic mass is 10.2. The van der Waals surface area contributed by atoms with Gasteiger partial charge in [0.1, 0.15) is 11.6 Å². The average molecular weight is 335 g/mol. The van der Waals surface area contributed by atoms with Gasteiger partial charge in [-0.15, -0.1) is 0 Å². The molecule has 1 N–H and O–H groups in total. The highest BCUT2D eigenvalue weighted by Crippen LogP contribution is 2.12. The van der Waals surface area contributed by atoms with E-state index in [0.29, 0.717) is 16.7 Å². The molecule has 1 heterocycles. The van der Waals surface area contributed by atoms with Crippen LogP contribution in [0.1, 0.15) is 11.4 Å². The molecule has 126 valence electrons. The molecule has 0 fully saturated rings. The highest BCUT2D eigenvalue weighted by atomic mass is 16.5. The summed E-state index contributed by atoms with van der Waals surface area (Å²) in [5, 5.41) is 0.451. The molecule has 6 heteroatoms. The highest BCUT2D eigenvalue weighted by Gasteiger charge is 2.09. The molecule has 0 aliphatic heterocycles. The molecule has 1 amide bonds. The largest absolute Gasteiger partial charge is 0.497 e. The zero-order valence-electron chi connectivity index (χ0n) is 13.9. The van der Waals surface area contributed by atoms with E-state index in [-0.39, 0.29) is 5.56 Å². The Morgan fingerprint density at radius 3 is 2.60 bits per heavy atom. The maximum atomic E-state index is 12.5. The first-order valence-corrected chi connectivity index (χ1v) is 7.70. The van der Waals surface area contributed by atoms with Gasteiger partial charge in [0.2, 0.25) is 0 Å². The van der Waals surface area contributed by atoms with Crippen molar-refractivity contribution in [3.8, 4) is 5.75 Å². The number of methoxy groups -OCH3 is 1. The van der Waals surface area contributed by atoms with Gasteiger partial charge in [-0.3, -0.25) is 15.0 Å². The molecule has 0 saturated heterocycles. The summed E-state index contributed by atoms with van der Waals surface area (Å²) in [6, 6.07) is 14.3. The Bertz CT molecular complexity index is 1000. The van der Waals surface area contributed by atoms with Crippen molar-refractivity contribution in [3.05, 3.63) is 76.3 Å². The lowest BCUT2D eigenvalue weighted by molar-refractivity contribution is -0.112. The van der Waals surface area contributed by atoms with Crippen LogP contribution in [0.25, 0.3) is 17.0 Å². The van der Waals surface area contributed by atoms with Gasteiger partial charge in [-0.2, -0.15) is 0 Å². The zero-order chi connectivity index (χ0) is 17.8. The Morgan fingerprint density at radius 2 is 1.88 bits per heavy atom. The molecule has 0 spiro atoms. The summed E-state index contributed by atoms with van der Waals surface area (Å²) in [4.78, 5) is 29.0. The van der Waals surface area contributed by atoms with Gasteiger partial charge in [-0.25, -0.2) is 9.66 Å². The fourth-order valence-corrected chi connectivity index (χ4v) is 2.41. The number of aryl methyl sites for hydroxylation is 1. The summed E-state index contributed by atoms with van der Waals surface area (Å²) < 4.78 is 6.24. The number of hydrogen-bond donors (Lipinski definition) is 1. The molecular formula is C19H17N3O3. The normalized spacial score (nSPS) is 11.0. The lowest BCUT2D eigenvalue weighted by Crippen LogP contribution is -2.34. The summed E-state index contributed by atoms with van der Waals surface area (Å²) in [6.45, 7) is 1.67. The lowest BCUT2D eigenvalue weighted by Gasteiger charge is -2.10. The summed E-state index contributed by atoms with van der Waals surface area (Å²) in [7, 11) is 1.59. The maximum absolute atomic E-state index is 12.5. The van der Waals surface area contributed by atoms with E-state index in [1.807, 2.05) is 18.2 Å². The third-order valence-electron chi connectivity index (χ3n) is 3.71. The van der Waals surface area contributed by atoms with Crippen LogP contribution in [-0.2, 0) is 4.79 Å². The van der Waals surface area contributed by atoms with E-state index in [2.05, 4.69) is 10.4 Å². The van der Waals surface area contributed by atoms with Gasteiger partial charge in [-0.05, 0) is 42.8 Å². The Kier molecular flexibility index (Phi) is 4.61. The van der Waals surface area contributed by atoms with Crippen molar-refractivity contribution in [3.63, 3.8) is 0 Å². The molecule has 0 bridgehead atoms. The number of nitrogens with one attached hydrogen (secondary N) is 1. The Balaban J connectivity index is 1.82. The van der Waals surface area contributed by atoms with Crippen molar-refractivity contribution >= 4 is 22.9 Å². The van der Waals surface area contributed by atoms with Crippen LogP contribution >= 0.6 is 0 Å². The molecule has 6 nitrogen and oxygen atoms in total. The second-order valence-corrected chi connectivity index (χ2v) is 5.40. The molecule has 1 aromatic heterocycles. The number of fused-ring (bicyclic) bond motifs is 1. The minimum Gasteiger partial charge on any atom is -0.497 e. The average Bonchev–Trinajstić information content (AvgIpc) is 2.64. The number of benzene rings is 2. The van der Waals surface area contributed by atoms with Crippen LogP contribution in [0.5, 0.6) is 5.75 Å². The fourth-order valence-electron chi connectivity index (χ4n) is 2.41. The second kappa shape index (κ2) is 7.00. The molecule has 2 aromatic carbocycles. The molecule has 0 unspecified atom stereocenters. The number of hydrogen-bond acceptors (Lipinski definition) is 4. The molecule has 3 rings (SSSR count). The summed E-state index contributed by atoms with van der Waals surface area (Å²) in [5.41, 5.74) is 3.69. The zero-order valence-corrected chi connectivity index (χ0v) is 13.9. The number of amides is 1. The number of nitrogens with zero attached hydrogens (tertiary/aromatic N) is 2. The van der Waals surface area contributed by atoms with Gasteiger partial charge in [0.05, 0.1) is 18.0 Å².